The third kappa shape index (κ3) is 6.82. The van der Waals surface area contributed by atoms with Gasteiger partial charge in [-0.25, -0.2) is 8.42 Å². The van der Waals surface area contributed by atoms with Crippen molar-refractivity contribution in [1.29, 1.82) is 0 Å². The van der Waals surface area contributed by atoms with Gasteiger partial charge in [0, 0.05) is 24.4 Å². The van der Waals surface area contributed by atoms with E-state index in [1.165, 1.54) is 25.3 Å². The summed E-state index contributed by atoms with van der Waals surface area (Å²) in [7, 11) is -2.58. The largest absolute Gasteiger partial charge is 0.495 e. The number of carbonyl (C=O) groups is 1. The van der Waals surface area contributed by atoms with Crippen LogP contribution < -0.4 is 14.8 Å². The summed E-state index contributed by atoms with van der Waals surface area (Å²) in [5, 5.41) is 2.81. The van der Waals surface area contributed by atoms with Crippen LogP contribution in [0.1, 0.15) is 40.9 Å². The highest BCUT2D eigenvalue weighted by Crippen LogP contribution is 2.27. The minimum Gasteiger partial charge on any atom is -0.495 e. The number of aryl methyl sites for hydroxylation is 1. The van der Waals surface area contributed by atoms with Crippen LogP contribution in [0, 0.1) is 6.92 Å². The van der Waals surface area contributed by atoms with Crippen molar-refractivity contribution >= 4 is 21.6 Å². The predicted molar refractivity (Wildman–Crippen MR) is 133 cm³/mol. The molecule has 0 radical (unpaired) electrons. The Balaban J connectivity index is 1.59. The number of hydrogen-bond donors (Lipinski definition) is 2. The zero-order chi connectivity index (χ0) is 24.6. The normalized spacial score (nSPS) is 12.1. The van der Waals surface area contributed by atoms with Gasteiger partial charge in [0.15, 0.2) is 0 Å². The minimum absolute atomic E-state index is 0.0349. The van der Waals surface area contributed by atoms with Crippen LogP contribution in [0.3, 0.4) is 0 Å². The van der Waals surface area contributed by atoms with Gasteiger partial charge in [0.1, 0.15) is 10.6 Å². The Kier molecular flexibility index (Phi) is 8.67. The van der Waals surface area contributed by atoms with E-state index in [4.69, 9.17) is 9.47 Å². The van der Waals surface area contributed by atoms with Crippen molar-refractivity contribution in [2.24, 2.45) is 0 Å². The summed E-state index contributed by atoms with van der Waals surface area (Å²) in [6, 6.07) is 21.2. The Morgan fingerprint density at radius 3 is 2.38 bits per heavy atom. The maximum atomic E-state index is 13.0. The Labute approximate surface area is 201 Å². The Morgan fingerprint density at radius 1 is 1.00 bits per heavy atom. The van der Waals surface area contributed by atoms with Gasteiger partial charge in [-0.1, -0.05) is 48.0 Å². The average molecular weight is 483 g/mol. The summed E-state index contributed by atoms with van der Waals surface area (Å²) >= 11 is 0. The second-order valence-electron chi connectivity index (χ2n) is 7.87. The number of benzene rings is 3. The van der Waals surface area contributed by atoms with Gasteiger partial charge < -0.3 is 14.8 Å². The average Bonchev–Trinajstić information content (AvgIpc) is 2.85. The number of anilines is 1. The van der Waals surface area contributed by atoms with Gasteiger partial charge in [-0.3, -0.25) is 9.52 Å². The number of sulfonamides is 1. The molecule has 0 saturated carbocycles. The molecule has 3 rings (SSSR count). The summed E-state index contributed by atoms with van der Waals surface area (Å²) in [6.07, 6.45) is 0.589. The molecular formula is C26H30N2O5S. The Morgan fingerprint density at radius 2 is 1.71 bits per heavy atom. The molecular weight excluding hydrogens is 452 g/mol. The predicted octanol–water partition coefficient (Wildman–Crippen LogP) is 4.70. The van der Waals surface area contributed by atoms with Crippen molar-refractivity contribution in [3.8, 4) is 5.75 Å². The highest BCUT2D eigenvalue weighted by molar-refractivity contribution is 7.92. The summed E-state index contributed by atoms with van der Waals surface area (Å²) in [5.41, 5.74) is 2.76. The molecule has 34 heavy (non-hydrogen) atoms. The number of amides is 1. The molecule has 180 valence electrons. The van der Waals surface area contributed by atoms with Crippen molar-refractivity contribution in [2.45, 2.75) is 31.3 Å². The van der Waals surface area contributed by atoms with E-state index in [0.29, 0.717) is 25.3 Å². The van der Waals surface area contributed by atoms with Crippen LogP contribution in [0.5, 0.6) is 5.75 Å². The molecule has 1 atom stereocenters. The van der Waals surface area contributed by atoms with Crippen LogP contribution in [0.2, 0.25) is 0 Å². The highest BCUT2D eigenvalue weighted by Gasteiger charge is 2.22. The number of ether oxygens (including phenoxy) is 2. The summed E-state index contributed by atoms with van der Waals surface area (Å²) < 4.78 is 39.5. The monoisotopic (exact) mass is 482 g/mol. The number of hydrogen-bond acceptors (Lipinski definition) is 5. The SMILES string of the molecule is COc1ccc(C(=O)NCCCOC(C)c2ccccc2)cc1S(=O)(=O)Nc1ccc(C)cc1. The maximum absolute atomic E-state index is 13.0. The fourth-order valence-electron chi connectivity index (χ4n) is 3.32. The van der Waals surface area contributed by atoms with Crippen LogP contribution in [0.15, 0.2) is 77.7 Å². The van der Waals surface area contributed by atoms with Crippen molar-refractivity contribution in [3.63, 3.8) is 0 Å². The molecule has 0 spiro atoms. The Bertz CT molecular complexity index is 1200. The highest BCUT2D eigenvalue weighted by atomic mass is 32.2. The fourth-order valence-corrected chi connectivity index (χ4v) is 4.57. The lowest BCUT2D eigenvalue weighted by Gasteiger charge is -2.14. The van der Waals surface area contributed by atoms with E-state index >= 15 is 0 Å². The van der Waals surface area contributed by atoms with Crippen LogP contribution in [-0.2, 0) is 14.8 Å². The third-order valence-corrected chi connectivity index (χ3v) is 6.67. The smallest absolute Gasteiger partial charge is 0.265 e. The second-order valence-corrected chi connectivity index (χ2v) is 9.52. The lowest BCUT2D eigenvalue weighted by molar-refractivity contribution is 0.0635. The molecule has 0 aliphatic rings. The molecule has 0 saturated heterocycles. The van der Waals surface area contributed by atoms with Crippen molar-refractivity contribution < 1.29 is 22.7 Å². The summed E-state index contributed by atoms with van der Waals surface area (Å²) in [5.74, 6) is -0.218. The van der Waals surface area contributed by atoms with Gasteiger partial charge in [-0.2, -0.15) is 0 Å². The third-order valence-electron chi connectivity index (χ3n) is 5.26. The van der Waals surface area contributed by atoms with E-state index < -0.39 is 10.0 Å². The number of carbonyl (C=O) groups excluding carboxylic acids is 1. The van der Waals surface area contributed by atoms with E-state index in [1.54, 1.807) is 12.1 Å². The van der Waals surface area contributed by atoms with E-state index in [-0.39, 0.29) is 28.2 Å². The topological polar surface area (TPSA) is 93.7 Å². The maximum Gasteiger partial charge on any atom is 0.265 e. The van der Waals surface area contributed by atoms with Gasteiger partial charge in [0.2, 0.25) is 0 Å². The van der Waals surface area contributed by atoms with Crippen molar-refractivity contribution in [1.82, 2.24) is 5.32 Å². The van der Waals surface area contributed by atoms with Crippen molar-refractivity contribution in [2.75, 3.05) is 25.0 Å². The van der Waals surface area contributed by atoms with Crippen LogP contribution in [-0.4, -0.2) is 34.6 Å². The molecule has 2 N–H and O–H groups in total. The van der Waals surface area contributed by atoms with Crippen LogP contribution in [0.4, 0.5) is 5.69 Å². The zero-order valence-corrected chi connectivity index (χ0v) is 20.4. The minimum atomic E-state index is -3.96. The molecule has 0 bridgehead atoms. The van der Waals surface area contributed by atoms with Gasteiger partial charge in [-0.15, -0.1) is 0 Å². The molecule has 1 amide bonds. The number of nitrogens with one attached hydrogen (secondary N) is 2. The molecule has 0 aromatic heterocycles. The number of rotatable bonds is 11. The molecule has 7 nitrogen and oxygen atoms in total. The molecule has 0 heterocycles. The first-order valence-corrected chi connectivity index (χ1v) is 12.5. The van der Waals surface area contributed by atoms with Gasteiger partial charge in [0.25, 0.3) is 15.9 Å². The van der Waals surface area contributed by atoms with E-state index in [2.05, 4.69) is 10.0 Å². The van der Waals surface area contributed by atoms with E-state index in [9.17, 15) is 13.2 Å². The molecule has 0 fully saturated rings. The standard InChI is InChI=1S/C26H30N2O5S/c1-19-10-13-23(14-11-19)28-34(30,31)25-18-22(12-15-24(25)32-3)26(29)27-16-7-17-33-20(2)21-8-5-4-6-9-21/h4-6,8-15,18,20,28H,7,16-17H2,1-3H3,(H,27,29). The zero-order valence-electron chi connectivity index (χ0n) is 19.6. The molecule has 0 aliphatic heterocycles. The molecule has 1 unspecified atom stereocenters. The van der Waals surface area contributed by atoms with Gasteiger partial charge >= 0.3 is 0 Å². The van der Waals surface area contributed by atoms with Gasteiger partial charge in [-0.05, 0) is 56.2 Å². The first-order chi connectivity index (χ1) is 16.3. The molecule has 0 aliphatic carbocycles. The summed E-state index contributed by atoms with van der Waals surface area (Å²) in [4.78, 5) is 12.5. The molecule has 3 aromatic rings. The van der Waals surface area contributed by atoms with Crippen molar-refractivity contribution in [3.05, 3.63) is 89.5 Å². The number of methoxy groups -OCH3 is 1. The first-order valence-electron chi connectivity index (χ1n) is 11.0. The van der Waals surface area contributed by atoms with Crippen LogP contribution in [0.25, 0.3) is 0 Å². The lowest BCUT2D eigenvalue weighted by atomic mass is 10.1. The second kappa shape index (κ2) is 11.7. The lowest BCUT2D eigenvalue weighted by Crippen LogP contribution is -2.26. The van der Waals surface area contributed by atoms with Crippen LogP contribution >= 0.6 is 0 Å². The first kappa shape index (κ1) is 25.3. The molecule has 3 aromatic carbocycles. The quantitative estimate of drug-likeness (QED) is 0.386. The van der Waals surface area contributed by atoms with E-state index in [0.717, 1.165) is 11.1 Å². The summed E-state index contributed by atoms with van der Waals surface area (Å²) in [6.45, 7) is 4.78. The Hall–Kier alpha value is -3.36. The van der Waals surface area contributed by atoms with E-state index in [1.807, 2.05) is 56.3 Å². The fraction of sp³-hybridized carbons (Fsp3) is 0.269. The van der Waals surface area contributed by atoms with Gasteiger partial charge in [0.05, 0.1) is 13.2 Å². The molecule has 8 heteroatoms.